The molecule has 0 aromatic carbocycles. The number of aliphatic hydroxyl groups excluding tert-OH is 1. The molecule has 0 unspecified atom stereocenters. The second-order valence-electron chi connectivity index (χ2n) is 6.16. The molecule has 1 fully saturated rings. The van der Waals surface area contributed by atoms with E-state index in [1.807, 2.05) is 0 Å². The third-order valence-corrected chi connectivity index (χ3v) is 4.17. The Bertz CT molecular complexity index is 293. The van der Waals surface area contributed by atoms with Crippen molar-refractivity contribution in [1.82, 2.24) is 0 Å². The first-order valence-electron chi connectivity index (χ1n) is 8.59. The van der Waals surface area contributed by atoms with Gasteiger partial charge in [0.15, 0.2) is 0 Å². The second kappa shape index (κ2) is 10.2. The van der Waals surface area contributed by atoms with Crippen LogP contribution in [0.3, 0.4) is 0 Å². The lowest BCUT2D eigenvalue weighted by Crippen LogP contribution is -2.26. The molecule has 0 radical (unpaired) electrons. The lowest BCUT2D eigenvalue weighted by atomic mass is 10.0. The molecule has 4 heteroatoms. The minimum atomic E-state index is -0.439. The number of hydrogen-bond acceptors (Lipinski definition) is 4. The van der Waals surface area contributed by atoms with Crippen molar-refractivity contribution in [2.75, 3.05) is 0 Å². The molecule has 1 heterocycles. The topological polar surface area (TPSA) is 55.8 Å². The molecule has 4 nitrogen and oxygen atoms in total. The summed E-state index contributed by atoms with van der Waals surface area (Å²) in [7, 11) is 0. The molecule has 0 aromatic heterocycles. The van der Waals surface area contributed by atoms with Gasteiger partial charge in [0.05, 0.1) is 18.3 Å². The highest BCUT2D eigenvalue weighted by Crippen LogP contribution is 2.30. The summed E-state index contributed by atoms with van der Waals surface area (Å²) in [6, 6.07) is 0. The van der Waals surface area contributed by atoms with Crippen LogP contribution in [0, 0.1) is 0 Å². The van der Waals surface area contributed by atoms with Crippen LogP contribution in [0.2, 0.25) is 0 Å². The first-order valence-corrected chi connectivity index (χ1v) is 8.59. The molecule has 21 heavy (non-hydrogen) atoms. The van der Waals surface area contributed by atoms with Crippen molar-refractivity contribution < 1.29 is 19.4 Å². The second-order valence-corrected chi connectivity index (χ2v) is 6.16. The number of rotatable bonds is 10. The van der Waals surface area contributed by atoms with E-state index in [1.165, 1.54) is 6.92 Å². The molecule has 1 aliphatic rings. The molecule has 1 N–H and O–H groups in total. The Kier molecular flexibility index (Phi) is 8.93. The van der Waals surface area contributed by atoms with Gasteiger partial charge in [0.1, 0.15) is 6.10 Å². The van der Waals surface area contributed by atoms with Gasteiger partial charge in [0, 0.05) is 13.3 Å². The quantitative estimate of drug-likeness (QED) is 0.495. The Balaban J connectivity index is 2.46. The maximum atomic E-state index is 11.2. The van der Waals surface area contributed by atoms with Crippen molar-refractivity contribution in [2.45, 2.75) is 103 Å². The van der Waals surface area contributed by atoms with Crippen LogP contribution in [0.1, 0.15) is 78.6 Å². The number of unbranched alkanes of at least 4 members (excludes halogenated alkanes) is 4. The molecular weight excluding hydrogens is 268 g/mol. The average Bonchev–Trinajstić information content (AvgIpc) is 2.82. The standard InChI is InChI=1S/C17H32O4/c1-4-6-8-10-14(19)16-12-17(20-13(3)18)15(21-16)11-9-7-5-2/h14-17,19H,4-12H2,1-3H3/t14-,15-,16+,17-/m1/s1. The van der Waals surface area contributed by atoms with Gasteiger partial charge in [0.25, 0.3) is 0 Å². The molecule has 0 aliphatic carbocycles. The number of ether oxygens (including phenoxy) is 2. The minimum absolute atomic E-state index is 0.0497. The fraction of sp³-hybridized carbons (Fsp3) is 0.941. The summed E-state index contributed by atoms with van der Waals surface area (Å²) in [5.41, 5.74) is 0. The van der Waals surface area contributed by atoms with Crippen LogP contribution in [0.4, 0.5) is 0 Å². The van der Waals surface area contributed by atoms with Gasteiger partial charge in [0.2, 0.25) is 0 Å². The van der Waals surface area contributed by atoms with Crippen LogP contribution in [0.15, 0.2) is 0 Å². The fourth-order valence-electron chi connectivity index (χ4n) is 2.97. The lowest BCUT2D eigenvalue weighted by molar-refractivity contribution is -0.149. The highest BCUT2D eigenvalue weighted by molar-refractivity contribution is 5.66. The summed E-state index contributed by atoms with van der Waals surface area (Å²) in [5.74, 6) is -0.259. The maximum Gasteiger partial charge on any atom is 0.302 e. The zero-order valence-electron chi connectivity index (χ0n) is 13.8. The SMILES string of the molecule is CCCCC[C@@H](O)[C@@H]1C[C@@H](OC(C)=O)[C@@H](CCCCC)O1. The summed E-state index contributed by atoms with van der Waals surface area (Å²) >= 11 is 0. The number of aliphatic hydroxyl groups is 1. The van der Waals surface area contributed by atoms with Gasteiger partial charge in [-0.2, -0.15) is 0 Å². The number of carbonyl (C=O) groups is 1. The van der Waals surface area contributed by atoms with Crippen LogP contribution in [-0.4, -0.2) is 35.5 Å². The zero-order chi connectivity index (χ0) is 15.7. The predicted molar refractivity (Wildman–Crippen MR) is 83.1 cm³/mol. The van der Waals surface area contributed by atoms with E-state index < -0.39 is 6.10 Å². The lowest BCUT2D eigenvalue weighted by Gasteiger charge is -2.19. The minimum Gasteiger partial charge on any atom is -0.460 e. The predicted octanol–water partition coefficient (Wildman–Crippen LogP) is 3.60. The molecule has 0 spiro atoms. The monoisotopic (exact) mass is 300 g/mol. The maximum absolute atomic E-state index is 11.2. The van der Waals surface area contributed by atoms with E-state index in [-0.39, 0.29) is 24.3 Å². The van der Waals surface area contributed by atoms with Gasteiger partial charge < -0.3 is 14.6 Å². The van der Waals surface area contributed by atoms with Crippen molar-refractivity contribution in [3.05, 3.63) is 0 Å². The largest absolute Gasteiger partial charge is 0.460 e. The smallest absolute Gasteiger partial charge is 0.302 e. The number of esters is 1. The van der Waals surface area contributed by atoms with Crippen molar-refractivity contribution in [1.29, 1.82) is 0 Å². The summed E-state index contributed by atoms with van der Waals surface area (Å²) in [5, 5.41) is 10.3. The van der Waals surface area contributed by atoms with Crippen LogP contribution < -0.4 is 0 Å². The molecule has 0 aromatic rings. The van der Waals surface area contributed by atoms with E-state index in [1.54, 1.807) is 0 Å². The van der Waals surface area contributed by atoms with Crippen LogP contribution >= 0.6 is 0 Å². The highest BCUT2D eigenvalue weighted by Gasteiger charge is 2.39. The number of carbonyl (C=O) groups excluding carboxylic acids is 1. The first kappa shape index (κ1) is 18.4. The molecule has 124 valence electrons. The van der Waals surface area contributed by atoms with Gasteiger partial charge in [-0.1, -0.05) is 52.4 Å². The van der Waals surface area contributed by atoms with Crippen molar-refractivity contribution in [3.8, 4) is 0 Å². The van der Waals surface area contributed by atoms with E-state index in [9.17, 15) is 9.90 Å². The van der Waals surface area contributed by atoms with E-state index in [2.05, 4.69) is 13.8 Å². The Morgan fingerprint density at radius 3 is 2.52 bits per heavy atom. The highest BCUT2D eigenvalue weighted by atomic mass is 16.6. The fourth-order valence-corrected chi connectivity index (χ4v) is 2.97. The molecule has 1 aliphatic heterocycles. The van der Waals surface area contributed by atoms with E-state index in [0.29, 0.717) is 6.42 Å². The Morgan fingerprint density at radius 2 is 1.90 bits per heavy atom. The number of hydrogen-bond donors (Lipinski definition) is 1. The Morgan fingerprint density at radius 1 is 1.24 bits per heavy atom. The molecule has 0 bridgehead atoms. The van der Waals surface area contributed by atoms with Gasteiger partial charge in [-0.25, -0.2) is 0 Å². The Hall–Kier alpha value is -0.610. The zero-order valence-corrected chi connectivity index (χ0v) is 13.8. The van der Waals surface area contributed by atoms with Crippen molar-refractivity contribution in [2.24, 2.45) is 0 Å². The summed E-state index contributed by atoms with van der Waals surface area (Å²) < 4.78 is 11.4. The summed E-state index contributed by atoms with van der Waals surface area (Å²) in [6.07, 6.45) is 8.16. The van der Waals surface area contributed by atoms with E-state index in [0.717, 1.165) is 51.4 Å². The Labute approximate surface area is 129 Å². The molecule has 0 amide bonds. The van der Waals surface area contributed by atoms with E-state index >= 15 is 0 Å². The molecule has 0 saturated carbocycles. The molecular formula is C17H32O4. The van der Waals surface area contributed by atoms with Crippen LogP contribution in [0.5, 0.6) is 0 Å². The van der Waals surface area contributed by atoms with Crippen molar-refractivity contribution in [3.63, 3.8) is 0 Å². The normalized spacial score (nSPS) is 26.8. The van der Waals surface area contributed by atoms with Crippen molar-refractivity contribution >= 4 is 5.97 Å². The summed E-state index contributed by atoms with van der Waals surface area (Å²) in [4.78, 5) is 11.2. The molecule has 1 rings (SSSR count). The molecule has 4 atom stereocenters. The van der Waals surface area contributed by atoms with Gasteiger partial charge >= 0.3 is 5.97 Å². The van der Waals surface area contributed by atoms with Gasteiger partial charge in [-0.15, -0.1) is 0 Å². The van der Waals surface area contributed by atoms with Gasteiger partial charge in [-0.3, -0.25) is 4.79 Å². The molecule has 1 saturated heterocycles. The third kappa shape index (κ3) is 6.79. The van der Waals surface area contributed by atoms with Crippen LogP contribution in [0.25, 0.3) is 0 Å². The third-order valence-electron chi connectivity index (χ3n) is 4.17. The van der Waals surface area contributed by atoms with Crippen LogP contribution in [-0.2, 0) is 14.3 Å². The van der Waals surface area contributed by atoms with Gasteiger partial charge in [-0.05, 0) is 12.8 Å². The van der Waals surface area contributed by atoms with E-state index in [4.69, 9.17) is 9.47 Å². The average molecular weight is 300 g/mol. The first-order chi connectivity index (χ1) is 10.1. The summed E-state index contributed by atoms with van der Waals surface area (Å²) in [6.45, 7) is 5.76.